The first-order valence-corrected chi connectivity index (χ1v) is 11.6. The Bertz CT molecular complexity index is 1340. The van der Waals surface area contributed by atoms with Gasteiger partial charge in [0.15, 0.2) is 0 Å². The summed E-state index contributed by atoms with van der Waals surface area (Å²) in [5.41, 5.74) is 8.27. The monoisotopic (exact) mass is 435 g/mol. The van der Waals surface area contributed by atoms with Gasteiger partial charge in [-0.25, -0.2) is 0 Å². The van der Waals surface area contributed by atoms with E-state index < -0.39 is 0 Å². The minimum Gasteiger partial charge on any atom is -0.303 e. The third-order valence-corrected chi connectivity index (χ3v) is 6.38. The summed E-state index contributed by atoms with van der Waals surface area (Å²) in [5, 5.41) is 2.41. The number of nitrogens with one attached hydrogen (secondary N) is 1. The molecule has 0 amide bonds. The summed E-state index contributed by atoms with van der Waals surface area (Å²) in [7, 11) is 0. The molecule has 0 saturated heterocycles. The molecule has 2 heterocycles. The minimum atomic E-state index is 0.689. The third-order valence-electron chi connectivity index (χ3n) is 5.58. The Morgan fingerprint density at radius 2 is 1.53 bits per heavy atom. The second kappa shape index (κ2) is 9.03. The van der Waals surface area contributed by atoms with Gasteiger partial charge in [0.2, 0.25) is 0 Å². The van der Waals surface area contributed by atoms with Crippen molar-refractivity contribution >= 4 is 22.9 Å². The molecule has 2 aromatic heterocycles. The molecule has 4 heteroatoms. The topological polar surface area (TPSA) is 29.9 Å². The van der Waals surface area contributed by atoms with Crippen LogP contribution in [0.2, 0.25) is 0 Å². The highest BCUT2D eigenvalue weighted by atomic mass is 32.2. The van der Waals surface area contributed by atoms with Gasteiger partial charge in [-0.2, -0.15) is 0 Å². The van der Waals surface area contributed by atoms with Gasteiger partial charge in [-0.05, 0) is 67.8 Å². The molecular formula is C28H25N3S. The summed E-state index contributed by atoms with van der Waals surface area (Å²) in [4.78, 5) is 4.66. The normalized spacial score (nSPS) is 11.2. The number of benzene rings is 3. The first-order chi connectivity index (χ1) is 15.7. The van der Waals surface area contributed by atoms with Gasteiger partial charge in [-0.15, -0.1) is 0 Å². The van der Waals surface area contributed by atoms with E-state index in [1.54, 1.807) is 11.9 Å². The molecule has 0 unspecified atom stereocenters. The maximum absolute atomic E-state index is 4.66. The van der Waals surface area contributed by atoms with E-state index in [1.807, 2.05) is 6.20 Å². The predicted octanol–water partition coefficient (Wildman–Crippen LogP) is 7.11. The number of aryl methyl sites for hydroxylation is 2. The molecule has 0 spiro atoms. The molecule has 0 bridgehead atoms. The molecule has 3 aromatic carbocycles. The van der Waals surface area contributed by atoms with E-state index in [2.05, 4.69) is 119 Å². The Labute approximate surface area is 193 Å². The van der Waals surface area contributed by atoms with Crippen molar-refractivity contribution in [1.82, 2.24) is 14.3 Å². The van der Waals surface area contributed by atoms with Crippen LogP contribution in [0.5, 0.6) is 0 Å². The van der Waals surface area contributed by atoms with E-state index >= 15 is 0 Å². The van der Waals surface area contributed by atoms with Crippen LogP contribution in [-0.2, 0) is 6.54 Å². The lowest BCUT2D eigenvalue weighted by molar-refractivity contribution is 0.907. The van der Waals surface area contributed by atoms with Gasteiger partial charge in [0.05, 0.1) is 16.2 Å². The number of hydrogen-bond acceptors (Lipinski definition) is 3. The molecule has 32 heavy (non-hydrogen) atoms. The smallest absolute Gasteiger partial charge is 0.0957 e. The van der Waals surface area contributed by atoms with Crippen molar-refractivity contribution in [2.24, 2.45) is 0 Å². The van der Waals surface area contributed by atoms with Crippen molar-refractivity contribution < 1.29 is 0 Å². The molecule has 0 aliphatic heterocycles. The molecule has 0 aliphatic rings. The molecule has 0 radical (unpaired) electrons. The number of pyridine rings is 1. The van der Waals surface area contributed by atoms with Crippen LogP contribution < -0.4 is 4.72 Å². The number of fused-ring (bicyclic) bond motifs is 1. The van der Waals surface area contributed by atoms with Crippen LogP contribution in [0.4, 0.5) is 0 Å². The van der Waals surface area contributed by atoms with Crippen LogP contribution in [0.15, 0.2) is 102 Å². The number of nitrogens with zero attached hydrogens (tertiary/aromatic N) is 2. The highest BCUT2D eigenvalue weighted by Gasteiger charge is 2.11. The van der Waals surface area contributed by atoms with E-state index in [9.17, 15) is 0 Å². The molecule has 3 nitrogen and oxygen atoms in total. The van der Waals surface area contributed by atoms with Crippen LogP contribution in [0.3, 0.4) is 0 Å². The lowest BCUT2D eigenvalue weighted by atomic mass is 10.1. The lowest BCUT2D eigenvalue weighted by Crippen LogP contribution is -2.06. The van der Waals surface area contributed by atoms with Crippen molar-refractivity contribution in [2.75, 3.05) is 0 Å². The summed E-state index contributed by atoms with van der Waals surface area (Å²) in [5.74, 6) is 0. The van der Waals surface area contributed by atoms with Crippen molar-refractivity contribution in [1.29, 1.82) is 0 Å². The van der Waals surface area contributed by atoms with Crippen LogP contribution in [0.25, 0.3) is 27.7 Å². The molecular weight excluding hydrogens is 410 g/mol. The fourth-order valence-electron chi connectivity index (χ4n) is 3.86. The second-order valence-corrected chi connectivity index (χ2v) is 8.95. The fourth-order valence-corrected chi connectivity index (χ4v) is 4.71. The van der Waals surface area contributed by atoms with Crippen molar-refractivity contribution in [3.05, 3.63) is 114 Å². The molecule has 0 aliphatic carbocycles. The number of rotatable bonds is 6. The predicted molar refractivity (Wildman–Crippen MR) is 135 cm³/mol. The Hall–Kier alpha value is -3.34. The average Bonchev–Trinajstić information content (AvgIpc) is 3.18. The first kappa shape index (κ1) is 20.6. The summed E-state index contributed by atoms with van der Waals surface area (Å²) in [6.45, 7) is 4.93. The zero-order valence-corrected chi connectivity index (χ0v) is 19.1. The van der Waals surface area contributed by atoms with Crippen LogP contribution in [-0.4, -0.2) is 9.55 Å². The zero-order valence-electron chi connectivity index (χ0n) is 18.2. The summed E-state index contributed by atoms with van der Waals surface area (Å²) in [6.07, 6.45) is 1.95. The standard InChI is InChI=1S/C28H25N3S/c1-20-8-11-22(12-9-20)23-13-14-25(29-18-23)19-30-32-28-17-24-16-21(2)10-15-27(24)31(28)26-6-4-3-5-7-26/h3-18,30H,19H2,1-2H3. The second-order valence-electron chi connectivity index (χ2n) is 8.04. The van der Waals surface area contributed by atoms with Gasteiger partial charge in [0.1, 0.15) is 0 Å². The van der Waals surface area contributed by atoms with Crippen molar-refractivity contribution in [2.45, 2.75) is 25.4 Å². The lowest BCUT2D eigenvalue weighted by Gasteiger charge is -2.11. The summed E-state index contributed by atoms with van der Waals surface area (Å²) < 4.78 is 5.81. The van der Waals surface area contributed by atoms with Gasteiger partial charge in [-0.3, -0.25) is 9.71 Å². The SMILES string of the molecule is Cc1ccc(-c2ccc(CNSc3cc4cc(C)ccc4n3-c3ccccc3)nc2)cc1. The Morgan fingerprint density at radius 1 is 0.781 bits per heavy atom. The minimum absolute atomic E-state index is 0.689. The maximum atomic E-state index is 4.66. The van der Waals surface area contributed by atoms with Gasteiger partial charge >= 0.3 is 0 Å². The van der Waals surface area contributed by atoms with Gasteiger partial charge < -0.3 is 4.57 Å². The Kier molecular flexibility index (Phi) is 5.80. The molecule has 5 aromatic rings. The zero-order chi connectivity index (χ0) is 21.9. The van der Waals surface area contributed by atoms with Crippen molar-refractivity contribution in [3.63, 3.8) is 0 Å². The Morgan fingerprint density at radius 3 is 2.28 bits per heavy atom. The number of aromatic nitrogens is 2. The van der Waals surface area contributed by atoms with Crippen molar-refractivity contribution in [3.8, 4) is 16.8 Å². The van der Waals surface area contributed by atoms with Crippen LogP contribution >= 0.6 is 11.9 Å². The third kappa shape index (κ3) is 4.33. The van der Waals surface area contributed by atoms with E-state index in [0.29, 0.717) is 6.54 Å². The number of hydrogen-bond donors (Lipinski definition) is 1. The molecule has 1 N–H and O–H groups in total. The van der Waals surface area contributed by atoms with E-state index in [-0.39, 0.29) is 0 Å². The molecule has 158 valence electrons. The maximum Gasteiger partial charge on any atom is 0.0957 e. The summed E-state index contributed by atoms with van der Waals surface area (Å²) >= 11 is 1.64. The van der Waals surface area contributed by atoms with E-state index in [4.69, 9.17) is 0 Å². The summed E-state index contributed by atoms with van der Waals surface area (Å²) in [6, 6.07) is 32.2. The molecule has 0 fully saturated rings. The van der Waals surface area contributed by atoms with Crippen LogP contribution in [0, 0.1) is 13.8 Å². The molecule has 0 saturated carbocycles. The highest BCUT2D eigenvalue weighted by Crippen LogP contribution is 2.30. The highest BCUT2D eigenvalue weighted by molar-refractivity contribution is 7.97. The number of para-hydroxylation sites is 1. The van der Waals surface area contributed by atoms with Gasteiger partial charge in [0, 0.05) is 29.4 Å². The molecule has 0 atom stereocenters. The largest absolute Gasteiger partial charge is 0.303 e. The fraction of sp³-hybridized carbons (Fsp3) is 0.107. The van der Waals surface area contributed by atoms with Crippen LogP contribution in [0.1, 0.15) is 16.8 Å². The quantitative estimate of drug-likeness (QED) is 0.288. The van der Waals surface area contributed by atoms with E-state index in [0.717, 1.165) is 22.0 Å². The first-order valence-electron chi connectivity index (χ1n) is 10.8. The van der Waals surface area contributed by atoms with Gasteiger partial charge in [-0.1, -0.05) is 65.7 Å². The average molecular weight is 436 g/mol. The Balaban J connectivity index is 1.34. The van der Waals surface area contributed by atoms with E-state index in [1.165, 1.54) is 27.6 Å². The van der Waals surface area contributed by atoms with Gasteiger partial charge in [0.25, 0.3) is 0 Å². The molecule has 5 rings (SSSR count).